The maximum atomic E-state index is 11.4. The van der Waals surface area contributed by atoms with Crippen molar-refractivity contribution in [2.75, 3.05) is 7.05 Å². The number of carbonyl (C=O) groups is 1. The van der Waals surface area contributed by atoms with Crippen LogP contribution in [0.5, 0.6) is 0 Å². The summed E-state index contributed by atoms with van der Waals surface area (Å²) in [6.45, 7) is 2.29. The summed E-state index contributed by atoms with van der Waals surface area (Å²) in [4.78, 5) is 12.8. The first-order valence-electron chi connectivity index (χ1n) is 6.83. The van der Waals surface area contributed by atoms with Crippen molar-refractivity contribution >= 4 is 16.0 Å². The molecule has 3 N–H and O–H groups in total. The summed E-state index contributed by atoms with van der Waals surface area (Å²) in [5.74, 6) is -0.718. The molecule has 0 aliphatic heterocycles. The van der Waals surface area contributed by atoms with Gasteiger partial charge in [0.1, 0.15) is 5.76 Å². The SMILES string of the molecule is CC(c1cccc(S(N)(=O)=O)c1)N(C)Cc1ccc(C(=O)O)o1. The lowest BCUT2D eigenvalue weighted by molar-refractivity contribution is 0.0658. The Hall–Kier alpha value is -2.16. The first kappa shape index (κ1) is 17.2. The van der Waals surface area contributed by atoms with Gasteiger partial charge in [0.25, 0.3) is 0 Å². The van der Waals surface area contributed by atoms with E-state index in [0.29, 0.717) is 12.3 Å². The predicted octanol–water partition coefficient (Wildman–Crippen LogP) is 1.82. The quantitative estimate of drug-likeness (QED) is 0.830. The third kappa shape index (κ3) is 4.19. The lowest BCUT2D eigenvalue weighted by Crippen LogP contribution is -2.22. The van der Waals surface area contributed by atoms with E-state index in [-0.39, 0.29) is 16.7 Å². The van der Waals surface area contributed by atoms with Crippen LogP contribution in [0.2, 0.25) is 0 Å². The van der Waals surface area contributed by atoms with Crippen LogP contribution in [-0.4, -0.2) is 31.4 Å². The summed E-state index contributed by atoms with van der Waals surface area (Å²) in [7, 11) is -1.92. The Balaban J connectivity index is 2.15. The molecule has 1 aromatic heterocycles. The standard InChI is InChI=1S/C15H18N2O5S/c1-10(11-4-3-5-13(8-11)23(16,20)21)17(2)9-12-6-7-14(22-12)15(18)19/h3-8,10H,9H2,1-2H3,(H,18,19)(H2,16,20,21). The molecule has 0 radical (unpaired) electrons. The second-order valence-corrected chi connectivity index (χ2v) is 6.84. The number of carboxylic acid groups (broad SMARTS) is 1. The minimum Gasteiger partial charge on any atom is -0.475 e. The smallest absolute Gasteiger partial charge is 0.371 e. The van der Waals surface area contributed by atoms with Crippen LogP contribution in [0, 0.1) is 0 Å². The number of hydrogen-bond donors (Lipinski definition) is 2. The fourth-order valence-electron chi connectivity index (χ4n) is 2.17. The van der Waals surface area contributed by atoms with Crippen molar-refractivity contribution in [3.05, 3.63) is 53.5 Å². The normalized spacial score (nSPS) is 13.2. The zero-order chi connectivity index (χ0) is 17.2. The lowest BCUT2D eigenvalue weighted by Gasteiger charge is -2.24. The van der Waals surface area contributed by atoms with E-state index in [2.05, 4.69) is 0 Å². The van der Waals surface area contributed by atoms with Gasteiger partial charge in [-0.25, -0.2) is 18.4 Å². The van der Waals surface area contributed by atoms with E-state index in [4.69, 9.17) is 14.7 Å². The van der Waals surface area contributed by atoms with Crippen molar-refractivity contribution in [2.24, 2.45) is 5.14 Å². The van der Waals surface area contributed by atoms with Crippen molar-refractivity contribution in [2.45, 2.75) is 24.4 Å². The number of rotatable bonds is 6. The van der Waals surface area contributed by atoms with Crippen LogP contribution in [0.25, 0.3) is 0 Å². The maximum Gasteiger partial charge on any atom is 0.371 e. The Bertz CT molecular complexity index is 813. The summed E-state index contributed by atoms with van der Waals surface area (Å²) >= 11 is 0. The van der Waals surface area contributed by atoms with Gasteiger partial charge in [-0.05, 0) is 43.8 Å². The molecule has 0 amide bonds. The highest BCUT2D eigenvalue weighted by atomic mass is 32.2. The summed E-state index contributed by atoms with van der Waals surface area (Å²) < 4.78 is 28.1. The van der Waals surface area contributed by atoms with Crippen molar-refractivity contribution < 1.29 is 22.7 Å². The summed E-state index contributed by atoms with van der Waals surface area (Å²) in [5.41, 5.74) is 0.782. The van der Waals surface area contributed by atoms with Gasteiger partial charge in [-0.1, -0.05) is 12.1 Å². The number of furan rings is 1. The largest absolute Gasteiger partial charge is 0.475 e. The molecule has 0 aliphatic carbocycles. The fourth-order valence-corrected chi connectivity index (χ4v) is 2.74. The number of carboxylic acids is 1. The van der Waals surface area contributed by atoms with Crippen LogP contribution in [0.15, 0.2) is 45.7 Å². The molecule has 0 saturated heterocycles. The van der Waals surface area contributed by atoms with Gasteiger partial charge in [-0.15, -0.1) is 0 Å². The average Bonchev–Trinajstić information content (AvgIpc) is 2.94. The molecule has 0 aliphatic rings. The van der Waals surface area contributed by atoms with E-state index in [0.717, 1.165) is 5.56 Å². The molecule has 1 aromatic carbocycles. The van der Waals surface area contributed by atoms with Gasteiger partial charge in [-0.2, -0.15) is 0 Å². The predicted molar refractivity (Wildman–Crippen MR) is 83.4 cm³/mol. The van der Waals surface area contributed by atoms with Crippen LogP contribution in [0.3, 0.4) is 0 Å². The molecule has 1 atom stereocenters. The molecule has 124 valence electrons. The monoisotopic (exact) mass is 338 g/mol. The van der Waals surface area contributed by atoms with Crippen molar-refractivity contribution in [3.8, 4) is 0 Å². The average molecular weight is 338 g/mol. The third-order valence-corrected chi connectivity index (χ3v) is 4.52. The molecule has 2 aromatic rings. The molecular weight excluding hydrogens is 320 g/mol. The molecule has 0 bridgehead atoms. The van der Waals surface area contributed by atoms with E-state index in [1.54, 1.807) is 18.2 Å². The van der Waals surface area contributed by atoms with Crippen molar-refractivity contribution in [3.63, 3.8) is 0 Å². The van der Waals surface area contributed by atoms with Crippen molar-refractivity contribution in [1.82, 2.24) is 4.90 Å². The number of sulfonamides is 1. The highest BCUT2D eigenvalue weighted by molar-refractivity contribution is 7.89. The highest BCUT2D eigenvalue weighted by Crippen LogP contribution is 2.23. The molecule has 1 unspecified atom stereocenters. The Morgan fingerprint density at radius 1 is 1.35 bits per heavy atom. The van der Waals surface area contributed by atoms with E-state index in [1.165, 1.54) is 18.2 Å². The summed E-state index contributed by atoms with van der Waals surface area (Å²) in [6.07, 6.45) is 0. The van der Waals surface area contributed by atoms with Crippen molar-refractivity contribution in [1.29, 1.82) is 0 Å². The number of benzene rings is 1. The summed E-state index contributed by atoms with van der Waals surface area (Å²) in [5, 5.41) is 14.0. The number of nitrogens with two attached hydrogens (primary N) is 1. The van der Waals surface area contributed by atoms with E-state index in [9.17, 15) is 13.2 Å². The molecule has 8 heteroatoms. The topological polar surface area (TPSA) is 114 Å². The van der Waals surface area contributed by atoms with Gasteiger partial charge >= 0.3 is 5.97 Å². The number of primary sulfonamides is 1. The van der Waals surface area contributed by atoms with E-state index < -0.39 is 16.0 Å². The second kappa shape index (κ2) is 6.53. The Labute approximate surface area is 134 Å². The Kier molecular flexibility index (Phi) is 4.88. The number of aromatic carboxylic acids is 1. The summed E-state index contributed by atoms with van der Waals surface area (Å²) in [6, 6.07) is 9.30. The molecule has 2 rings (SSSR count). The van der Waals surface area contributed by atoms with Crippen LogP contribution in [0.4, 0.5) is 0 Å². The van der Waals surface area contributed by atoms with E-state index in [1.807, 2.05) is 18.9 Å². The highest BCUT2D eigenvalue weighted by Gasteiger charge is 2.17. The van der Waals surface area contributed by atoms with Gasteiger partial charge in [0.15, 0.2) is 0 Å². The molecule has 0 fully saturated rings. The zero-order valence-corrected chi connectivity index (χ0v) is 13.6. The van der Waals surface area contributed by atoms with Crippen LogP contribution < -0.4 is 5.14 Å². The molecule has 0 saturated carbocycles. The zero-order valence-electron chi connectivity index (χ0n) is 12.8. The first-order chi connectivity index (χ1) is 10.7. The molecule has 23 heavy (non-hydrogen) atoms. The minimum atomic E-state index is -3.75. The maximum absolute atomic E-state index is 11.4. The minimum absolute atomic E-state index is 0.0569. The second-order valence-electron chi connectivity index (χ2n) is 5.28. The van der Waals surface area contributed by atoms with Gasteiger partial charge in [0.05, 0.1) is 11.4 Å². The Morgan fingerprint density at radius 3 is 2.61 bits per heavy atom. The molecule has 0 spiro atoms. The lowest BCUT2D eigenvalue weighted by atomic mass is 10.1. The molecular formula is C15H18N2O5S. The first-order valence-corrected chi connectivity index (χ1v) is 8.38. The number of hydrogen-bond acceptors (Lipinski definition) is 5. The fraction of sp³-hybridized carbons (Fsp3) is 0.267. The van der Waals surface area contributed by atoms with Gasteiger partial charge < -0.3 is 9.52 Å². The van der Waals surface area contributed by atoms with Gasteiger partial charge in [-0.3, -0.25) is 4.90 Å². The van der Waals surface area contributed by atoms with E-state index >= 15 is 0 Å². The molecule has 7 nitrogen and oxygen atoms in total. The van der Waals surface area contributed by atoms with Crippen LogP contribution in [-0.2, 0) is 16.6 Å². The third-order valence-electron chi connectivity index (χ3n) is 3.61. The van der Waals surface area contributed by atoms with Gasteiger partial charge in [0.2, 0.25) is 15.8 Å². The number of nitrogens with zero attached hydrogens (tertiary/aromatic N) is 1. The Morgan fingerprint density at radius 2 is 2.04 bits per heavy atom. The van der Waals surface area contributed by atoms with Crippen LogP contribution >= 0.6 is 0 Å². The molecule has 1 heterocycles. The van der Waals surface area contributed by atoms with Gasteiger partial charge in [0, 0.05) is 6.04 Å². The van der Waals surface area contributed by atoms with Crippen LogP contribution in [0.1, 0.15) is 34.8 Å².